The molecule has 1 saturated heterocycles. The highest BCUT2D eigenvalue weighted by Crippen LogP contribution is 2.59. The fraction of sp³-hybridized carbons (Fsp3) is 0.867. The molecule has 1 aliphatic carbocycles. The second-order valence-electron chi connectivity index (χ2n) is 6.46. The van der Waals surface area contributed by atoms with Crippen molar-refractivity contribution in [2.45, 2.75) is 46.5 Å². The Kier molecular flexibility index (Phi) is 3.88. The first-order valence-electron chi connectivity index (χ1n) is 7.43. The lowest BCUT2D eigenvalue weighted by Gasteiger charge is -2.35. The van der Waals surface area contributed by atoms with Crippen molar-refractivity contribution >= 4 is 11.9 Å². The number of hydrogen-bond donors (Lipinski definition) is 1. The molecule has 1 amide bonds. The van der Waals surface area contributed by atoms with Crippen LogP contribution in [0.3, 0.4) is 0 Å². The quantitative estimate of drug-likeness (QED) is 0.850. The molecular weight excluding hydrogens is 242 g/mol. The van der Waals surface area contributed by atoms with Crippen LogP contribution in [-0.4, -0.2) is 35.0 Å². The summed E-state index contributed by atoms with van der Waals surface area (Å²) in [4.78, 5) is 25.3. The molecule has 0 aromatic heterocycles. The summed E-state index contributed by atoms with van der Waals surface area (Å²) in [5.41, 5.74) is 0.0161. The molecule has 2 fully saturated rings. The number of carboxylic acids is 1. The van der Waals surface area contributed by atoms with Crippen molar-refractivity contribution in [2.24, 2.45) is 23.2 Å². The maximum absolute atomic E-state index is 12.4. The number of carboxylic acid groups (broad SMARTS) is 1. The van der Waals surface area contributed by atoms with Gasteiger partial charge in [0.25, 0.3) is 0 Å². The van der Waals surface area contributed by atoms with Gasteiger partial charge in [-0.1, -0.05) is 27.2 Å². The van der Waals surface area contributed by atoms with Crippen LogP contribution in [0.1, 0.15) is 46.5 Å². The third kappa shape index (κ3) is 2.63. The number of piperidine rings is 1. The molecule has 0 aromatic carbocycles. The monoisotopic (exact) mass is 267 g/mol. The predicted molar refractivity (Wildman–Crippen MR) is 72.6 cm³/mol. The van der Waals surface area contributed by atoms with Crippen LogP contribution in [0.15, 0.2) is 0 Å². The van der Waals surface area contributed by atoms with Crippen LogP contribution in [0.2, 0.25) is 0 Å². The summed E-state index contributed by atoms with van der Waals surface area (Å²) in [6.07, 6.45) is 3.56. The maximum atomic E-state index is 12.4. The lowest BCUT2D eigenvalue weighted by Crippen LogP contribution is -2.43. The van der Waals surface area contributed by atoms with Gasteiger partial charge in [-0.3, -0.25) is 9.59 Å². The van der Waals surface area contributed by atoms with Crippen LogP contribution in [-0.2, 0) is 9.59 Å². The number of carbonyl (C=O) groups is 2. The van der Waals surface area contributed by atoms with E-state index in [1.165, 1.54) is 0 Å². The molecule has 1 N–H and O–H groups in total. The molecule has 0 radical (unpaired) electrons. The minimum atomic E-state index is -0.659. The fourth-order valence-corrected chi connectivity index (χ4v) is 3.31. The summed E-state index contributed by atoms with van der Waals surface area (Å²) in [6, 6.07) is 0. The highest BCUT2D eigenvalue weighted by Gasteiger charge is 2.59. The lowest BCUT2D eigenvalue weighted by atomic mass is 9.88. The molecule has 108 valence electrons. The Morgan fingerprint density at radius 1 is 1.32 bits per heavy atom. The van der Waals surface area contributed by atoms with Gasteiger partial charge in [-0.25, -0.2) is 0 Å². The van der Waals surface area contributed by atoms with Gasteiger partial charge in [-0.2, -0.15) is 0 Å². The smallest absolute Gasteiger partial charge is 0.307 e. The van der Waals surface area contributed by atoms with Crippen molar-refractivity contribution in [1.82, 2.24) is 4.90 Å². The highest BCUT2D eigenvalue weighted by molar-refractivity contribution is 5.79. The van der Waals surface area contributed by atoms with Crippen molar-refractivity contribution < 1.29 is 14.7 Å². The summed E-state index contributed by atoms with van der Waals surface area (Å²) in [7, 11) is 0. The number of amides is 1. The SMILES string of the molecule is CCC(C)C(C)C(=O)N1CCC2(CC1)CC2C(=O)O. The van der Waals surface area contributed by atoms with E-state index in [4.69, 9.17) is 5.11 Å². The average molecular weight is 267 g/mol. The van der Waals surface area contributed by atoms with Gasteiger partial charge in [0.15, 0.2) is 0 Å². The molecule has 1 spiro atoms. The van der Waals surface area contributed by atoms with E-state index in [1.807, 2.05) is 11.8 Å². The minimum absolute atomic E-state index is 0.0161. The Balaban J connectivity index is 1.87. The van der Waals surface area contributed by atoms with Crippen LogP contribution < -0.4 is 0 Å². The number of nitrogens with zero attached hydrogens (tertiary/aromatic N) is 1. The third-order valence-electron chi connectivity index (χ3n) is 5.45. The van der Waals surface area contributed by atoms with E-state index in [9.17, 15) is 9.59 Å². The van der Waals surface area contributed by atoms with E-state index in [1.54, 1.807) is 0 Å². The maximum Gasteiger partial charge on any atom is 0.307 e. The normalized spacial score (nSPS) is 27.9. The van der Waals surface area contributed by atoms with Crippen LogP contribution >= 0.6 is 0 Å². The Morgan fingerprint density at radius 3 is 2.32 bits per heavy atom. The second-order valence-corrected chi connectivity index (χ2v) is 6.46. The van der Waals surface area contributed by atoms with Gasteiger partial charge < -0.3 is 10.0 Å². The molecule has 1 heterocycles. The predicted octanol–water partition coefficient (Wildman–Crippen LogP) is 2.38. The van der Waals surface area contributed by atoms with Gasteiger partial charge in [-0.05, 0) is 30.6 Å². The van der Waals surface area contributed by atoms with Gasteiger partial charge in [0, 0.05) is 19.0 Å². The standard InChI is InChI=1S/C15H25NO3/c1-4-10(2)11(3)13(17)16-7-5-15(6-8-16)9-12(15)14(18)19/h10-12H,4-9H2,1-3H3,(H,18,19). The summed E-state index contributed by atoms with van der Waals surface area (Å²) >= 11 is 0. The number of hydrogen-bond acceptors (Lipinski definition) is 2. The molecule has 4 nitrogen and oxygen atoms in total. The molecule has 2 rings (SSSR count). The van der Waals surface area contributed by atoms with Crippen molar-refractivity contribution in [3.05, 3.63) is 0 Å². The zero-order chi connectivity index (χ0) is 14.2. The van der Waals surface area contributed by atoms with Gasteiger partial charge in [-0.15, -0.1) is 0 Å². The second kappa shape index (κ2) is 5.14. The number of carbonyl (C=O) groups excluding carboxylic acids is 1. The number of likely N-dealkylation sites (tertiary alicyclic amines) is 1. The summed E-state index contributed by atoms with van der Waals surface area (Å²) in [5.74, 6) is -0.0779. The zero-order valence-corrected chi connectivity index (χ0v) is 12.2. The fourth-order valence-electron chi connectivity index (χ4n) is 3.31. The lowest BCUT2D eigenvalue weighted by molar-refractivity contribution is -0.140. The van der Waals surface area contributed by atoms with Crippen LogP contribution in [0.25, 0.3) is 0 Å². The van der Waals surface area contributed by atoms with E-state index >= 15 is 0 Å². The molecule has 3 unspecified atom stereocenters. The third-order valence-corrected chi connectivity index (χ3v) is 5.45. The average Bonchev–Trinajstić information content (AvgIpc) is 3.11. The van der Waals surface area contributed by atoms with Crippen molar-refractivity contribution in [3.8, 4) is 0 Å². The first-order valence-corrected chi connectivity index (χ1v) is 7.43. The van der Waals surface area contributed by atoms with E-state index in [0.29, 0.717) is 5.92 Å². The topological polar surface area (TPSA) is 57.6 Å². The van der Waals surface area contributed by atoms with Gasteiger partial charge in [0.05, 0.1) is 5.92 Å². The van der Waals surface area contributed by atoms with Gasteiger partial charge in [0.2, 0.25) is 5.91 Å². The number of rotatable bonds is 4. The van der Waals surface area contributed by atoms with E-state index in [0.717, 1.165) is 38.8 Å². The Bertz CT molecular complexity index is 372. The van der Waals surface area contributed by atoms with Crippen LogP contribution in [0.5, 0.6) is 0 Å². The first-order chi connectivity index (χ1) is 8.91. The van der Waals surface area contributed by atoms with Gasteiger partial charge >= 0.3 is 5.97 Å². The van der Waals surface area contributed by atoms with E-state index in [2.05, 4.69) is 13.8 Å². The van der Waals surface area contributed by atoms with Crippen molar-refractivity contribution in [1.29, 1.82) is 0 Å². The Hall–Kier alpha value is -1.06. The van der Waals surface area contributed by atoms with Crippen LogP contribution in [0, 0.1) is 23.2 Å². The summed E-state index contributed by atoms with van der Waals surface area (Å²) in [6.45, 7) is 7.72. The summed E-state index contributed by atoms with van der Waals surface area (Å²) < 4.78 is 0. The van der Waals surface area contributed by atoms with Crippen molar-refractivity contribution in [3.63, 3.8) is 0 Å². The Labute approximate surface area is 115 Å². The minimum Gasteiger partial charge on any atom is -0.481 e. The molecule has 3 atom stereocenters. The highest BCUT2D eigenvalue weighted by atomic mass is 16.4. The zero-order valence-electron chi connectivity index (χ0n) is 12.2. The molecule has 4 heteroatoms. The molecule has 19 heavy (non-hydrogen) atoms. The molecular formula is C15H25NO3. The van der Waals surface area contributed by atoms with E-state index < -0.39 is 5.97 Å². The van der Waals surface area contributed by atoms with Crippen LogP contribution in [0.4, 0.5) is 0 Å². The van der Waals surface area contributed by atoms with Crippen molar-refractivity contribution in [2.75, 3.05) is 13.1 Å². The Morgan fingerprint density at radius 2 is 1.89 bits per heavy atom. The molecule has 1 aliphatic heterocycles. The molecule has 0 bridgehead atoms. The summed E-state index contributed by atoms with van der Waals surface area (Å²) in [5, 5.41) is 9.06. The molecule has 1 saturated carbocycles. The molecule has 2 aliphatic rings. The van der Waals surface area contributed by atoms with E-state index in [-0.39, 0.29) is 23.2 Å². The first kappa shape index (κ1) is 14.4. The van der Waals surface area contributed by atoms with Gasteiger partial charge in [0.1, 0.15) is 0 Å². The largest absolute Gasteiger partial charge is 0.481 e. The number of aliphatic carboxylic acids is 1. The molecule has 0 aromatic rings.